The Bertz CT molecular complexity index is 631. The predicted octanol–water partition coefficient (Wildman–Crippen LogP) is 3.23. The highest BCUT2D eigenvalue weighted by Crippen LogP contribution is 2.37. The Morgan fingerprint density at radius 1 is 1.26 bits per heavy atom. The second-order valence-corrected chi connectivity index (χ2v) is 6.73. The van der Waals surface area contributed by atoms with Crippen LogP contribution in [0.3, 0.4) is 0 Å². The van der Waals surface area contributed by atoms with Gasteiger partial charge in [0.2, 0.25) is 0 Å². The Balaban J connectivity index is 1.70. The molecule has 2 aromatic rings. The molecule has 1 N–H and O–H groups in total. The standard InChI is InChI=1S/C18H21NO3S/c1-21-15-6-4-14(5-7-15)17(20)19-13-18(8-10-22-11-9-18)16-3-2-12-23-16/h2-7,12H,8-11,13H2,1H3,(H,19,20). The number of methoxy groups -OCH3 is 1. The molecule has 3 rings (SSSR count). The quantitative estimate of drug-likeness (QED) is 0.915. The van der Waals surface area contributed by atoms with Crippen LogP contribution in [0, 0.1) is 0 Å². The van der Waals surface area contributed by atoms with E-state index in [0.717, 1.165) is 31.8 Å². The van der Waals surface area contributed by atoms with E-state index in [0.29, 0.717) is 12.1 Å². The topological polar surface area (TPSA) is 47.6 Å². The van der Waals surface area contributed by atoms with Gasteiger partial charge < -0.3 is 14.8 Å². The normalized spacial score (nSPS) is 16.7. The summed E-state index contributed by atoms with van der Waals surface area (Å²) < 4.78 is 10.6. The van der Waals surface area contributed by atoms with Crippen molar-refractivity contribution in [2.45, 2.75) is 18.3 Å². The number of carbonyl (C=O) groups is 1. The van der Waals surface area contributed by atoms with E-state index in [1.54, 1.807) is 42.7 Å². The summed E-state index contributed by atoms with van der Waals surface area (Å²) in [6, 6.07) is 11.4. The Morgan fingerprint density at radius 3 is 2.61 bits per heavy atom. The van der Waals surface area contributed by atoms with Crippen molar-refractivity contribution in [2.24, 2.45) is 0 Å². The first-order valence-electron chi connectivity index (χ1n) is 7.77. The minimum absolute atomic E-state index is 0.00541. The van der Waals surface area contributed by atoms with Crippen molar-refractivity contribution in [3.05, 3.63) is 52.2 Å². The molecule has 0 aliphatic carbocycles. The van der Waals surface area contributed by atoms with Crippen molar-refractivity contribution in [1.82, 2.24) is 5.32 Å². The van der Waals surface area contributed by atoms with E-state index < -0.39 is 0 Å². The molecule has 0 atom stereocenters. The van der Waals surface area contributed by atoms with Crippen molar-refractivity contribution in [2.75, 3.05) is 26.9 Å². The highest BCUT2D eigenvalue weighted by Gasteiger charge is 2.35. The number of hydrogen-bond acceptors (Lipinski definition) is 4. The van der Waals surface area contributed by atoms with Crippen LogP contribution in [0.25, 0.3) is 0 Å². The van der Waals surface area contributed by atoms with Crippen LogP contribution in [-0.2, 0) is 10.2 Å². The Labute approximate surface area is 140 Å². The van der Waals surface area contributed by atoms with Gasteiger partial charge in [-0.05, 0) is 48.6 Å². The van der Waals surface area contributed by atoms with Gasteiger partial charge in [-0.1, -0.05) is 6.07 Å². The van der Waals surface area contributed by atoms with Gasteiger partial charge in [0.25, 0.3) is 5.91 Å². The van der Waals surface area contributed by atoms with Gasteiger partial charge in [-0.3, -0.25) is 4.79 Å². The lowest BCUT2D eigenvalue weighted by atomic mass is 9.78. The molecule has 2 heterocycles. The molecule has 0 bridgehead atoms. The molecule has 0 radical (unpaired) electrons. The summed E-state index contributed by atoms with van der Waals surface area (Å²) in [5.41, 5.74) is 0.647. The fourth-order valence-corrected chi connectivity index (χ4v) is 3.93. The van der Waals surface area contributed by atoms with Gasteiger partial charge in [-0.15, -0.1) is 11.3 Å². The van der Waals surface area contributed by atoms with Crippen molar-refractivity contribution in [3.63, 3.8) is 0 Å². The van der Waals surface area contributed by atoms with Crippen LogP contribution in [0.2, 0.25) is 0 Å². The molecule has 1 saturated heterocycles. The zero-order valence-corrected chi connectivity index (χ0v) is 14.0. The monoisotopic (exact) mass is 331 g/mol. The average molecular weight is 331 g/mol. The third kappa shape index (κ3) is 3.57. The molecule has 1 fully saturated rings. The number of benzene rings is 1. The van der Waals surface area contributed by atoms with E-state index in [9.17, 15) is 4.79 Å². The van der Waals surface area contributed by atoms with E-state index in [1.165, 1.54) is 4.88 Å². The molecule has 4 nitrogen and oxygen atoms in total. The SMILES string of the molecule is COc1ccc(C(=O)NCC2(c3cccs3)CCOCC2)cc1. The summed E-state index contributed by atoms with van der Waals surface area (Å²) in [5.74, 6) is 0.705. The lowest BCUT2D eigenvalue weighted by molar-refractivity contribution is 0.0499. The van der Waals surface area contributed by atoms with Gasteiger partial charge in [0.1, 0.15) is 5.75 Å². The van der Waals surface area contributed by atoms with Crippen LogP contribution in [-0.4, -0.2) is 32.8 Å². The molecule has 122 valence electrons. The summed E-state index contributed by atoms with van der Waals surface area (Å²) in [4.78, 5) is 13.7. The Hall–Kier alpha value is -1.85. The summed E-state index contributed by atoms with van der Waals surface area (Å²) in [7, 11) is 1.62. The number of ether oxygens (including phenoxy) is 2. The van der Waals surface area contributed by atoms with E-state index >= 15 is 0 Å². The van der Waals surface area contributed by atoms with Crippen molar-refractivity contribution < 1.29 is 14.3 Å². The van der Waals surface area contributed by atoms with E-state index in [2.05, 4.69) is 22.8 Å². The van der Waals surface area contributed by atoms with Crippen molar-refractivity contribution in [1.29, 1.82) is 0 Å². The lowest BCUT2D eigenvalue weighted by Crippen LogP contribution is -2.44. The van der Waals surface area contributed by atoms with E-state index in [1.807, 2.05) is 0 Å². The number of nitrogens with one attached hydrogen (secondary N) is 1. The minimum atomic E-state index is -0.0462. The predicted molar refractivity (Wildman–Crippen MR) is 91.4 cm³/mol. The lowest BCUT2D eigenvalue weighted by Gasteiger charge is -2.36. The molecule has 1 aromatic carbocycles. The van der Waals surface area contributed by atoms with Crippen molar-refractivity contribution in [3.8, 4) is 5.75 Å². The molecule has 0 spiro atoms. The van der Waals surface area contributed by atoms with E-state index in [4.69, 9.17) is 9.47 Å². The summed E-state index contributed by atoms with van der Waals surface area (Å²) in [6.07, 6.45) is 1.88. The molecular weight excluding hydrogens is 310 g/mol. The third-order valence-electron chi connectivity index (χ3n) is 4.43. The maximum absolute atomic E-state index is 12.4. The molecule has 1 amide bonds. The van der Waals surface area contributed by atoms with Crippen LogP contribution in [0.15, 0.2) is 41.8 Å². The molecule has 5 heteroatoms. The number of thiophene rings is 1. The smallest absolute Gasteiger partial charge is 0.251 e. The maximum Gasteiger partial charge on any atom is 0.251 e. The number of amides is 1. The van der Waals surface area contributed by atoms with Crippen LogP contribution >= 0.6 is 11.3 Å². The molecular formula is C18H21NO3S. The average Bonchev–Trinajstić information content (AvgIpc) is 3.16. The molecule has 0 unspecified atom stereocenters. The fourth-order valence-electron chi connectivity index (χ4n) is 2.95. The van der Waals surface area contributed by atoms with Gasteiger partial charge in [0, 0.05) is 35.6 Å². The zero-order valence-electron chi connectivity index (χ0n) is 13.2. The summed E-state index contributed by atoms with van der Waals surface area (Å²) in [5, 5.41) is 5.20. The molecule has 1 aliphatic heterocycles. The van der Waals surface area contributed by atoms with Gasteiger partial charge in [0.05, 0.1) is 7.11 Å². The second kappa shape index (κ2) is 7.15. The molecule has 0 saturated carbocycles. The summed E-state index contributed by atoms with van der Waals surface area (Å²) in [6.45, 7) is 2.13. The molecule has 1 aromatic heterocycles. The highest BCUT2D eigenvalue weighted by molar-refractivity contribution is 7.10. The molecule has 1 aliphatic rings. The van der Waals surface area contributed by atoms with Crippen molar-refractivity contribution >= 4 is 17.2 Å². The highest BCUT2D eigenvalue weighted by atomic mass is 32.1. The van der Waals surface area contributed by atoms with Gasteiger partial charge in [-0.25, -0.2) is 0 Å². The van der Waals surface area contributed by atoms with Gasteiger partial charge in [0.15, 0.2) is 0 Å². The Kier molecular flexibility index (Phi) is 4.98. The molecule has 23 heavy (non-hydrogen) atoms. The fraction of sp³-hybridized carbons (Fsp3) is 0.389. The third-order valence-corrected chi connectivity index (χ3v) is 5.55. The first-order chi connectivity index (χ1) is 11.2. The number of carbonyl (C=O) groups excluding carboxylic acids is 1. The minimum Gasteiger partial charge on any atom is -0.497 e. The van der Waals surface area contributed by atoms with Crippen LogP contribution in [0.5, 0.6) is 5.75 Å². The van der Waals surface area contributed by atoms with Crippen LogP contribution in [0.1, 0.15) is 28.1 Å². The Morgan fingerprint density at radius 2 is 2.00 bits per heavy atom. The zero-order chi connectivity index (χ0) is 16.1. The van der Waals surface area contributed by atoms with Crippen LogP contribution < -0.4 is 10.1 Å². The first kappa shape index (κ1) is 16.0. The van der Waals surface area contributed by atoms with E-state index in [-0.39, 0.29) is 11.3 Å². The summed E-state index contributed by atoms with van der Waals surface area (Å²) >= 11 is 1.76. The maximum atomic E-state index is 12.4. The number of hydrogen-bond donors (Lipinski definition) is 1. The van der Waals surface area contributed by atoms with Crippen LogP contribution in [0.4, 0.5) is 0 Å². The number of rotatable bonds is 5. The van der Waals surface area contributed by atoms with Gasteiger partial charge >= 0.3 is 0 Å². The second-order valence-electron chi connectivity index (χ2n) is 5.78. The van der Waals surface area contributed by atoms with Gasteiger partial charge in [-0.2, -0.15) is 0 Å². The first-order valence-corrected chi connectivity index (χ1v) is 8.65. The largest absolute Gasteiger partial charge is 0.497 e.